The molecule has 1 saturated heterocycles. The van der Waals surface area contributed by atoms with Crippen LogP contribution < -0.4 is 16.3 Å². The Morgan fingerprint density at radius 2 is 2.04 bits per heavy atom. The number of aliphatic hydroxyl groups is 3. The number of aliphatic hydroxyl groups excluding tert-OH is 3. The Bertz CT molecular complexity index is 574. The number of nitrogens with one attached hydrogen (secondary N) is 1. The van der Waals surface area contributed by atoms with Crippen LogP contribution in [0.2, 0.25) is 0 Å². The van der Waals surface area contributed by atoms with Crippen LogP contribution >= 0.6 is 18.8 Å². The van der Waals surface area contributed by atoms with Crippen molar-refractivity contribution in [2.45, 2.75) is 31.5 Å². The standard InChI is InChI=1S/C9H13N3O5.C2H5NO.2ClH.Pt/c10-5-1-2-12(9(16)11-5)8-7(15)6(14)4(3-13)17-8;1-2(3)4;;;/h1-2,4,6-8,13-15H,3H2,(H2,10,11,16);1H3,(H2,3,4);2*1H;/q;;;;+2/p-3. The maximum atomic E-state index is 11.5. The molecule has 0 bridgehead atoms. The summed E-state index contributed by atoms with van der Waals surface area (Å²) >= 11 is -0.472. The van der Waals surface area contributed by atoms with Crippen molar-refractivity contribution in [3.05, 3.63) is 17.8 Å². The summed E-state index contributed by atoms with van der Waals surface area (Å²) in [6, 6.07) is 0.503. The minimum atomic E-state index is -1.33. The third kappa shape index (κ3) is 7.43. The first kappa shape index (κ1) is 23.3. The maximum absolute atomic E-state index is 11.5. The number of nitrogens with two attached hydrogens (primary N) is 1. The Balaban J connectivity index is 0.000000648. The molecule has 0 aromatic carbocycles. The van der Waals surface area contributed by atoms with Gasteiger partial charge in [0, 0.05) is 13.1 Å². The number of rotatable bonds is 2. The third-order valence-corrected chi connectivity index (χ3v) is 2.62. The number of halogens is 2. The van der Waals surface area contributed by atoms with Crippen molar-refractivity contribution in [1.29, 1.82) is 5.41 Å². The Kier molecular flexibility index (Phi) is 11.4. The van der Waals surface area contributed by atoms with Gasteiger partial charge in [0.15, 0.2) is 6.23 Å². The molecule has 0 aliphatic carbocycles. The molecule has 10 nitrogen and oxygen atoms in total. The van der Waals surface area contributed by atoms with Crippen molar-refractivity contribution in [2.75, 3.05) is 6.61 Å². The molecule has 13 heteroatoms. The Labute approximate surface area is 153 Å². The molecule has 0 spiro atoms. The first-order valence-corrected chi connectivity index (χ1v) is 11.8. The van der Waals surface area contributed by atoms with E-state index in [1.807, 2.05) is 0 Å². The Hall–Kier alpha value is -0.742. The molecule has 1 fully saturated rings. The summed E-state index contributed by atoms with van der Waals surface area (Å²) in [5.41, 5.74) is 4.28. The number of amides is 1. The monoisotopic (exact) mass is 566 g/mol. The van der Waals surface area contributed by atoms with Crippen molar-refractivity contribution < 1.29 is 46.4 Å². The normalized spacial score (nSPS) is 25.2. The number of hydrogen-bond acceptors (Lipinski definition) is 8. The SMILES string of the molecule is CC(N)=O.N=c1ccn(C2OC(CO)C(O)C2O)c([O-])n1.[Cl][Pt][Cl]. The summed E-state index contributed by atoms with van der Waals surface area (Å²) in [4.78, 5) is 12.6. The fourth-order valence-corrected chi connectivity index (χ4v) is 1.72. The van der Waals surface area contributed by atoms with Crippen LogP contribution in [0.1, 0.15) is 13.2 Å². The molecule has 4 atom stereocenters. The van der Waals surface area contributed by atoms with Gasteiger partial charge in [-0.25, -0.2) is 4.98 Å². The zero-order valence-corrected chi connectivity index (χ0v) is 16.1. The Morgan fingerprint density at radius 1 is 1.54 bits per heavy atom. The topological polar surface area (TPSA) is 178 Å². The first-order chi connectivity index (χ1) is 11.2. The van der Waals surface area contributed by atoms with Crippen LogP contribution in [0.4, 0.5) is 0 Å². The molecular weight excluding hydrogens is 550 g/mol. The molecule has 1 aromatic heterocycles. The fraction of sp³-hybridized carbons (Fsp3) is 0.545. The number of primary amides is 1. The van der Waals surface area contributed by atoms with Crippen LogP contribution in [-0.2, 0) is 26.0 Å². The van der Waals surface area contributed by atoms with Gasteiger partial charge in [0.2, 0.25) is 5.91 Å². The van der Waals surface area contributed by atoms with Crippen LogP contribution in [0.3, 0.4) is 0 Å². The van der Waals surface area contributed by atoms with E-state index in [-0.39, 0.29) is 11.4 Å². The van der Waals surface area contributed by atoms with Crippen LogP contribution in [0.15, 0.2) is 12.3 Å². The molecule has 1 aliphatic rings. The summed E-state index contributed by atoms with van der Waals surface area (Å²) in [5, 5.41) is 46.7. The Morgan fingerprint density at radius 3 is 2.42 bits per heavy atom. The number of aromatic nitrogens is 2. The molecule has 0 radical (unpaired) electrons. The number of carbonyl (C=O) groups is 1. The average molecular weight is 567 g/mol. The van der Waals surface area contributed by atoms with Crippen molar-refractivity contribution in [1.82, 2.24) is 9.55 Å². The van der Waals surface area contributed by atoms with E-state index in [1.165, 1.54) is 19.2 Å². The second-order valence-electron chi connectivity index (χ2n) is 4.39. The number of ether oxygens (including phenoxy) is 1. The predicted octanol–water partition coefficient (Wildman–Crippen LogP) is -2.08. The molecule has 1 aliphatic heterocycles. The molecule has 1 amide bonds. The van der Waals surface area contributed by atoms with Gasteiger partial charge in [-0.2, -0.15) is 0 Å². The molecule has 24 heavy (non-hydrogen) atoms. The molecule has 6 N–H and O–H groups in total. The molecule has 142 valence electrons. The summed E-state index contributed by atoms with van der Waals surface area (Å²) in [7, 11) is 9.75. The number of hydrogen-bond donors (Lipinski definition) is 5. The number of carbonyl (C=O) groups excluding carboxylic acids is 1. The second-order valence-corrected chi connectivity index (χ2v) is 7.67. The van der Waals surface area contributed by atoms with Gasteiger partial charge in [0.05, 0.1) is 12.6 Å². The fourth-order valence-electron chi connectivity index (χ4n) is 1.72. The van der Waals surface area contributed by atoms with Gasteiger partial charge in [-0.1, -0.05) is 0 Å². The van der Waals surface area contributed by atoms with Gasteiger partial charge in [0.25, 0.3) is 0 Å². The van der Waals surface area contributed by atoms with Gasteiger partial charge in [0.1, 0.15) is 23.8 Å². The van der Waals surface area contributed by atoms with Crippen LogP contribution in [0.5, 0.6) is 6.01 Å². The molecule has 2 heterocycles. The summed E-state index contributed by atoms with van der Waals surface area (Å²) in [6.45, 7) is 0.841. The van der Waals surface area contributed by atoms with Crippen LogP contribution in [0, 0.1) is 5.41 Å². The zero-order chi connectivity index (χ0) is 18.9. The molecular formula is C11H17Cl2N4O6Pt-. The van der Waals surface area contributed by atoms with Crippen molar-refractivity contribution in [3.8, 4) is 6.01 Å². The van der Waals surface area contributed by atoms with E-state index >= 15 is 0 Å². The molecule has 2 rings (SSSR count). The van der Waals surface area contributed by atoms with Crippen LogP contribution in [-0.4, -0.2) is 55.7 Å². The van der Waals surface area contributed by atoms with E-state index in [1.54, 1.807) is 0 Å². The molecule has 1 aromatic rings. The zero-order valence-electron chi connectivity index (χ0n) is 12.3. The van der Waals surface area contributed by atoms with Gasteiger partial charge >= 0.3 is 35.3 Å². The second kappa shape index (κ2) is 11.8. The van der Waals surface area contributed by atoms with Gasteiger partial charge < -0.3 is 35.5 Å². The van der Waals surface area contributed by atoms with E-state index in [9.17, 15) is 20.1 Å². The number of nitrogens with zero attached hydrogens (tertiary/aromatic N) is 2. The van der Waals surface area contributed by atoms with Gasteiger partial charge in [-0.15, -0.1) is 0 Å². The van der Waals surface area contributed by atoms with E-state index < -0.39 is 53.6 Å². The van der Waals surface area contributed by atoms with Crippen molar-refractivity contribution >= 4 is 24.7 Å². The minimum absolute atomic E-state index is 0.196. The van der Waals surface area contributed by atoms with Gasteiger partial charge in [-0.05, 0) is 6.07 Å². The summed E-state index contributed by atoms with van der Waals surface area (Å²) < 4.78 is 6.13. The van der Waals surface area contributed by atoms with E-state index in [4.69, 9.17) is 34.1 Å². The van der Waals surface area contributed by atoms with Crippen LogP contribution in [0.25, 0.3) is 0 Å². The van der Waals surface area contributed by atoms with E-state index in [2.05, 4.69) is 10.7 Å². The van der Waals surface area contributed by atoms with E-state index in [0.717, 1.165) is 4.57 Å². The van der Waals surface area contributed by atoms with Crippen molar-refractivity contribution in [2.24, 2.45) is 5.73 Å². The molecule has 0 saturated carbocycles. The first-order valence-electron chi connectivity index (χ1n) is 6.21. The van der Waals surface area contributed by atoms with Crippen molar-refractivity contribution in [3.63, 3.8) is 0 Å². The van der Waals surface area contributed by atoms with E-state index in [0.29, 0.717) is 0 Å². The average Bonchev–Trinajstić information content (AvgIpc) is 2.75. The predicted molar refractivity (Wildman–Crippen MR) is 77.1 cm³/mol. The van der Waals surface area contributed by atoms with Gasteiger partial charge in [-0.3, -0.25) is 10.2 Å². The third-order valence-electron chi connectivity index (χ3n) is 2.62. The molecule has 4 unspecified atom stereocenters. The summed E-state index contributed by atoms with van der Waals surface area (Å²) in [6.07, 6.45) is -3.41. The quantitative estimate of drug-likeness (QED) is 0.272. The summed E-state index contributed by atoms with van der Waals surface area (Å²) in [5.74, 6) is -0.333.